The highest BCUT2D eigenvalue weighted by atomic mass is 79.9. The van der Waals surface area contributed by atoms with Crippen LogP contribution in [0.2, 0.25) is 0 Å². The van der Waals surface area contributed by atoms with Crippen LogP contribution in [-0.4, -0.2) is 25.2 Å². The van der Waals surface area contributed by atoms with Crippen LogP contribution in [0.4, 0.5) is 0 Å². The molecule has 0 heterocycles. The van der Waals surface area contributed by atoms with Crippen molar-refractivity contribution in [1.29, 1.82) is 0 Å². The number of hydrogen-bond acceptors (Lipinski definition) is 2. The lowest BCUT2D eigenvalue weighted by molar-refractivity contribution is 0.329. The first-order valence-electron chi connectivity index (χ1n) is 6.93. The molecule has 4 nitrogen and oxygen atoms in total. The standard InChI is InChI=1S/C16H20BrN3O/c1-11(2)20-16(18)19-7-8-21-15-6-4-12-9-14(17)5-3-13(12)10-15/h3-6,9-11H,7-8H2,1-2H3,(H3,18,19,20). The Kier molecular flexibility index (Phi) is 5.44. The molecule has 2 rings (SSSR count). The van der Waals surface area contributed by atoms with Gasteiger partial charge in [-0.25, -0.2) is 4.99 Å². The molecule has 3 N–H and O–H groups in total. The molecule has 0 atom stereocenters. The molecular formula is C16H20BrN3O. The molecule has 5 heteroatoms. The van der Waals surface area contributed by atoms with E-state index in [-0.39, 0.29) is 6.04 Å². The molecule has 0 unspecified atom stereocenters. The van der Waals surface area contributed by atoms with E-state index in [0.29, 0.717) is 19.1 Å². The quantitative estimate of drug-likeness (QED) is 0.494. The SMILES string of the molecule is CC(C)NC(N)=NCCOc1ccc2cc(Br)ccc2c1. The summed E-state index contributed by atoms with van der Waals surface area (Å²) < 4.78 is 6.77. The first-order valence-corrected chi connectivity index (χ1v) is 7.72. The summed E-state index contributed by atoms with van der Waals surface area (Å²) in [5, 5.41) is 5.37. The second-order valence-electron chi connectivity index (χ2n) is 5.07. The maximum atomic E-state index is 5.72. The van der Waals surface area contributed by atoms with E-state index < -0.39 is 0 Å². The van der Waals surface area contributed by atoms with Crippen LogP contribution in [0.5, 0.6) is 5.75 Å². The van der Waals surface area contributed by atoms with E-state index in [1.807, 2.05) is 38.1 Å². The molecule has 0 radical (unpaired) electrons. The van der Waals surface area contributed by atoms with Crippen molar-refractivity contribution in [3.63, 3.8) is 0 Å². The molecule has 0 aliphatic heterocycles. The van der Waals surface area contributed by atoms with E-state index in [9.17, 15) is 0 Å². The van der Waals surface area contributed by atoms with Crippen molar-refractivity contribution >= 4 is 32.7 Å². The van der Waals surface area contributed by atoms with Gasteiger partial charge in [0, 0.05) is 10.5 Å². The Labute approximate surface area is 133 Å². The van der Waals surface area contributed by atoms with Gasteiger partial charge in [0.2, 0.25) is 0 Å². The van der Waals surface area contributed by atoms with Crippen LogP contribution < -0.4 is 15.8 Å². The van der Waals surface area contributed by atoms with Gasteiger partial charge < -0.3 is 15.8 Å². The Hall–Kier alpha value is -1.75. The first-order chi connectivity index (χ1) is 10.0. The summed E-state index contributed by atoms with van der Waals surface area (Å²) in [4.78, 5) is 4.21. The van der Waals surface area contributed by atoms with E-state index in [0.717, 1.165) is 15.6 Å². The van der Waals surface area contributed by atoms with Crippen LogP contribution in [0.15, 0.2) is 45.9 Å². The van der Waals surface area contributed by atoms with Gasteiger partial charge >= 0.3 is 0 Å². The second-order valence-corrected chi connectivity index (χ2v) is 5.98. The van der Waals surface area contributed by atoms with E-state index in [1.165, 1.54) is 5.39 Å². The lowest BCUT2D eigenvalue weighted by atomic mass is 10.1. The van der Waals surface area contributed by atoms with Gasteiger partial charge in [-0.1, -0.05) is 28.1 Å². The maximum absolute atomic E-state index is 5.72. The topological polar surface area (TPSA) is 59.6 Å². The van der Waals surface area contributed by atoms with Gasteiger partial charge in [0.25, 0.3) is 0 Å². The molecule has 112 valence electrons. The zero-order chi connectivity index (χ0) is 15.2. The number of fused-ring (bicyclic) bond motifs is 1. The minimum atomic E-state index is 0.287. The molecule has 0 saturated heterocycles. The zero-order valence-corrected chi connectivity index (χ0v) is 13.9. The van der Waals surface area contributed by atoms with Crippen molar-refractivity contribution in [1.82, 2.24) is 5.32 Å². The third-order valence-corrected chi connectivity index (χ3v) is 3.35. The van der Waals surface area contributed by atoms with Crippen LogP contribution in [0.25, 0.3) is 10.8 Å². The Morgan fingerprint density at radius 1 is 1.24 bits per heavy atom. The number of nitrogens with one attached hydrogen (secondary N) is 1. The van der Waals surface area contributed by atoms with Crippen molar-refractivity contribution in [3.8, 4) is 5.75 Å². The summed E-state index contributed by atoms with van der Waals surface area (Å²) in [5.74, 6) is 1.30. The number of ether oxygens (including phenoxy) is 1. The largest absolute Gasteiger partial charge is 0.492 e. The first kappa shape index (κ1) is 15.6. The summed E-state index contributed by atoms with van der Waals surface area (Å²) in [7, 11) is 0. The smallest absolute Gasteiger partial charge is 0.188 e. The Bertz CT molecular complexity index is 640. The van der Waals surface area contributed by atoms with Crippen molar-refractivity contribution in [2.24, 2.45) is 10.7 Å². The fraction of sp³-hybridized carbons (Fsp3) is 0.312. The number of aliphatic imine (C=N–C) groups is 1. The van der Waals surface area contributed by atoms with Gasteiger partial charge in [-0.15, -0.1) is 0 Å². The van der Waals surface area contributed by atoms with E-state index >= 15 is 0 Å². The molecule has 0 aliphatic carbocycles. The molecule has 0 aliphatic rings. The van der Waals surface area contributed by atoms with Gasteiger partial charge in [0.1, 0.15) is 12.4 Å². The van der Waals surface area contributed by atoms with Crippen molar-refractivity contribution in [2.45, 2.75) is 19.9 Å². The van der Waals surface area contributed by atoms with Crippen molar-refractivity contribution < 1.29 is 4.74 Å². The Balaban J connectivity index is 1.90. The number of nitrogens with two attached hydrogens (primary N) is 1. The van der Waals surface area contributed by atoms with Crippen LogP contribution in [0, 0.1) is 0 Å². The van der Waals surface area contributed by atoms with Crippen molar-refractivity contribution in [3.05, 3.63) is 40.9 Å². The molecular weight excluding hydrogens is 330 g/mol. The highest BCUT2D eigenvalue weighted by Crippen LogP contribution is 2.24. The fourth-order valence-corrected chi connectivity index (χ4v) is 2.33. The number of benzene rings is 2. The molecule has 0 saturated carbocycles. The molecule has 0 aromatic heterocycles. The summed E-state index contributed by atoms with van der Waals surface area (Å²) in [6.07, 6.45) is 0. The number of halogens is 1. The summed E-state index contributed by atoms with van der Waals surface area (Å²) in [6.45, 7) is 5.07. The van der Waals surface area contributed by atoms with E-state index in [1.54, 1.807) is 0 Å². The number of rotatable bonds is 5. The minimum Gasteiger partial charge on any atom is -0.492 e. The average molecular weight is 350 g/mol. The van der Waals surface area contributed by atoms with Crippen LogP contribution in [0.1, 0.15) is 13.8 Å². The molecule has 2 aromatic rings. The van der Waals surface area contributed by atoms with Gasteiger partial charge in [0.05, 0.1) is 6.54 Å². The lowest BCUT2D eigenvalue weighted by Crippen LogP contribution is -2.37. The van der Waals surface area contributed by atoms with E-state index in [4.69, 9.17) is 10.5 Å². The van der Waals surface area contributed by atoms with Crippen LogP contribution in [0.3, 0.4) is 0 Å². The molecule has 2 aromatic carbocycles. The minimum absolute atomic E-state index is 0.287. The number of guanidine groups is 1. The molecule has 0 spiro atoms. The normalized spacial score (nSPS) is 11.9. The lowest BCUT2D eigenvalue weighted by Gasteiger charge is -2.09. The van der Waals surface area contributed by atoms with Gasteiger partial charge in [-0.2, -0.15) is 0 Å². The fourth-order valence-electron chi connectivity index (χ4n) is 1.96. The second kappa shape index (κ2) is 7.31. The van der Waals surface area contributed by atoms with Gasteiger partial charge in [-0.05, 0) is 48.9 Å². The van der Waals surface area contributed by atoms with Gasteiger partial charge in [-0.3, -0.25) is 0 Å². The van der Waals surface area contributed by atoms with Crippen molar-refractivity contribution in [2.75, 3.05) is 13.2 Å². The predicted molar refractivity (Wildman–Crippen MR) is 91.9 cm³/mol. The summed E-state index contributed by atoms with van der Waals surface area (Å²) in [5.41, 5.74) is 5.72. The Morgan fingerprint density at radius 2 is 1.95 bits per heavy atom. The third kappa shape index (κ3) is 4.93. The number of nitrogens with zero attached hydrogens (tertiary/aromatic N) is 1. The maximum Gasteiger partial charge on any atom is 0.188 e. The average Bonchev–Trinajstić information content (AvgIpc) is 2.43. The molecule has 0 fully saturated rings. The predicted octanol–water partition coefficient (Wildman–Crippen LogP) is 3.29. The zero-order valence-electron chi connectivity index (χ0n) is 12.3. The highest BCUT2D eigenvalue weighted by Gasteiger charge is 1.99. The summed E-state index contributed by atoms with van der Waals surface area (Å²) >= 11 is 3.47. The molecule has 21 heavy (non-hydrogen) atoms. The van der Waals surface area contributed by atoms with Crippen LogP contribution in [-0.2, 0) is 0 Å². The molecule has 0 amide bonds. The van der Waals surface area contributed by atoms with E-state index in [2.05, 4.69) is 38.4 Å². The van der Waals surface area contributed by atoms with Crippen LogP contribution >= 0.6 is 15.9 Å². The third-order valence-electron chi connectivity index (χ3n) is 2.85. The Morgan fingerprint density at radius 3 is 2.71 bits per heavy atom. The monoisotopic (exact) mass is 349 g/mol. The molecule has 0 bridgehead atoms. The number of hydrogen-bond donors (Lipinski definition) is 2. The highest BCUT2D eigenvalue weighted by molar-refractivity contribution is 9.10. The summed E-state index contributed by atoms with van der Waals surface area (Å²) in [6, 6.07) is 12.5. The van der Waals surface area contributed by atoms with Gasteiger partial charge in [0.15, 0.2) is 5.96 Å².